The van der Waals surface area contributed by atoms with Crippen molar-refractivity contribution in [1.29, 1.82) is 0 Å². The first-order chi connectivity index (χ1) is 55.4. The summed E-state index contributed by atoms with van der Waals surface area (Å²) in [5.74, 6) is -3.29. The molecule has 0 heterocycles. The molecule has 0 bridgehead atoms. The Kier molecular flexibility index (Phi) is 51.7. The van der Waals surface area contributed by atoms with Crippen molar-refractivity contribution in [3.63, 3.8) is 0 Å². The number of ketones is 9. The molecule has 0 aromatic heterocycles. The molecule has 0 spiro atoms. The molecule has 1 aliphatic carbocycles. The van der Waals surface area contributed by atoms with Gasteiger partial charge in [-0.15, -0.1) is 0 Å². The molecule has 2 aromatic rings. The van der Waals surface area contributed by atoms with Crippen LogP contribution in [0, 0.1) is 0 Å². The van der Waals surface area contributed by atoms with Crippen molar-refractivity contribution in [3.8, 4) is 11.1 Å². The van der Waals surface area contributed by atoms with E-state index < -0.39 is 71.8 Å². The van der Waals surface area contributed by atoms with E-state index in [1.807, 2.05) is 36.4 Å². The van der Waals surface area contributed by atoms with E-state index in [0.29, 0.717) is 32.2 Å². The molecule has 0 aliphatic heterocycles. The molecular formula is C83H128N6O27. The fourth-order valence-electron chi connectivity index (χ4n) is 11.6. The summed E-state index contributed by atoms with van der Waals surface area (Å²) in [6.45, 7) is 8.63. The molecule has 3 rings (SSSR count). The van der Waals surface area contributed by atoms with Crippen molar-refractivity contribution in [3.05, 3.63) is 59.7 Å². The van der Waals surface area contributed by atoms with Gasteiger partial charge in [0.05, 0.1) is 159 Å². The molecule has 0 radical (unpaired) electrons. The Bertz CT molecular complexity index is 2940. The molecule has 652 valence electrons. The predicted molar refractivity (Wildman–Crippen MR) is 425 cm³/mol. The van der Waals surface area contributed by atoms with E-state index in [2.05, 4.69) is 44.0 Å². The molecule has 6 N–H and O–H groups in total. The highest BCUT2D eigenvalue weighted by molar-refractivity contribution is 5.82. The highest BCUT2D eigenvalue weighted by atomic mass is 16.6. The van der Waals surface area contributed by atoms with E-state index in [4.69, 9.17) is 61.6 Å². The third-order valence-corrected chi connectivity index (χ3v) is 17.9. The molecule has 1 aliphatic rings. The second-order valence-electron chi connectivity index (χ2n) is 29.8. The van der Waals surface area contributed by atoms with Crippen LogP contribution in [-0.2, 0) is 119 Å². The highest BCUT2D eigenvalue weighted by Gasteiger charge is 2.39. The molecule has 0 saturated heterocycles. The molecule has 0 fully saturated rings. The number of carbonyl (C=O) groups is 14. The number of carbonyl (C=O) groups excluding carboxylic acids is 14. The first-order valence-electron chi connectivity index (χ1n) is 39.9. The van der Waals surface area contributed by atoms with Crippen LogP contribution in [0.3, 0.4) is 0 Å². The Labute approximate surface area is 681 Å². The minimum atomic E-state index is -1.73. The van der Waals surface area contributed by atoms with E-state index >= 15 is 0 Å². The number of benzene rings is 2. The van der Waals surface area contributed by atoms with Gasteiger partial charge in [0.15, 0.2) is 0 Å². The van der Waals surface area contributed by atoms with E-state index in [1.165, 1.54) is 62.3 Å². The normalized spacial score (nSPS) is 12.1. The third-order valence-electron chi connectivity index (χ3n) is 17.9. The molecular weight excluding hydrogens is 1510 g/mol. The maximum atomic E-state index is 14.4. The van der Waals surface area contributed by atoms with E-state index in [9.17, 15) is 67.1 Å². The highest BCUT2D eigenvalue weighted by Crippen LogP contribution is 2.44. The molecule has 116 heavy (non-hydrogen) atoms. The molecule has 6 amide bonds. The Morgan fingerprint density at radius 3 is 0.733 bits per heavy atom. The van der Waals surface area contributed by atoms with Gasteiger partial charge < -0.3 is 93.5 Å². The maximum Gasteiger partial charge on any atom is 0.407 e. The smallest absolute Gasteiger partial charge is 0.407 e. The van der Waals surface area contributed by atoms with Gasteiger partial charge in [0, 0.05) is 96.1 Å². The van der Waals surface area contributed by atoms with Crippen molar-refractivity contribution in [1.82, 2.24) is 31.9 Å². The van der Waals surface area contributed by atoms with Gasteiger partial charge in [-0.25, -0.2) is 9.59 Å². The molecule has 33 nitrogen and oxygen atoms in total. The van der Waals surface area contributed by atoms with Gasteiger partial charge >= 0.3 is 12.1 Å². The summed E-state index contributed by atoms with van der Waals surface area (Å²) < 4.78 is 77.8. The van der Waals surface area contributed by atoms with Crippen molar-refractivity contribution in [2.45, 2.75) is 193 Å². The lowest BCUT2D eigenvalue weighted by molar-refractivity contribution is -0.132. The zero-order valence-corrected chi connectivity index (χ0v) is 69.6. The van der Waals surface area contributed by atoms with Gasteiger partial charge in [0.2, 0.25) is 17.7 Å². The Morgan fingerprint density at radius 1 is 0.276 bits per heavy atom. The van der Waals surface area contributed by atoms with Crippen LogP contribution in [-0.4, -0.2) is 282 Å². The summed E-state index contributed by atoms with van der Waals surface area (Å²) in [7, 11) is 0. The predicted octanol–water partition coefficient (Wildman–Crippen LogP) is 5.87. The van der Waals surface area contributed by atoms with Crippen LogP contribution in [0.1, 0.15) is 182 Å². The summed E-state index contributed by atoms with van der Waals surface area (Å²) >= 11 is 0. The van der Waals surface area contributed by atoms with E-state index in [1.54, 1.807) is 0 Å². The number of nitrogens with one attached hydrogen (secondary N) is 6. The minimum Gasteiger partial charge on any atom is -0.449 e. The van der Waals surface area contributed by atoms with Gasteiger partial charge in [0.1, 0.15) is 80.8 Å². The van der Waals surface area contributed by atoms with Gasteiger partial charge in [-0.3, -0.25) is 57.5 Å². The third kappa shape index (κ3) is 46.8. The van der Waals surface area contributed by atoms with Gasteiger partial charge in [0.25, 0.3) is 0 Å². The van der Waals surface area contributed by atoms with Crippen LogP contribution in [0.2, 0.25) is 0 Å². The lowest BCUT2D eigenvalue weighted by Crippen LogP contribution is -2.61. The largest absolute Gasteiger partial charge is 0.449 e. The average Bonchev–Trinajstić information content (AvgIpc) is 1.62. The quantitative estimate of drug-likeness (QED) is 0.0422. The molecule has 33 heteroatoms. The molecule has 0 unspecified atom stereocenters. The van der Waals surface area contributed by atoms with Crippen molar-refractivity contribution in [2.24, 2.45) is 0 Å². The number of urea groups is 1. The standard InChI is InChI=1S/C83H128N6O27/c1-61(90)22-36-104-49-80(50-105-37-23-62(2)91,51-106-38-24-63(3)92)86-75(99)31-45-113-58-83(59-114-46-32-76(100)87-81(52-107-39-25-64(4)93,53-108-40-26-65(5)94)54-109-41-27-66(6)95,60-115-47-33-77(101)88-82(55-110-42-28-67(7)96,56-111-43-29-68(8)97)57-112-44-30-69(9)98)89-78(102)84-34-16-10-11-17-35-85-79(103)116-48-74-72-20-14-12-18-70(72)71-19-13-15-21-73(71)74/h12-15,18-21,74H,10-11,16-17,22-60H2,1-9H3,(H,85,103)(H,86,99)(H,87,100)(H,88,101)(H2,84,89,102). The monoisotopic (exact) mass is 1640 g/mol. The zero-order valence-electron chi connectivity index (χ0n) is 69.6. The number of hydrogen-bond donors (Lipinski definition) is 6. The fourth-order valence-corrected chi connectivity index (χ4v) is 11.6. The number of hydrogen-bond acceptors (Lipinski definition) is 27. The number of Topliss-reactive ketones (excluding diaryl/α,β-unsaturated/α-hetero) is 9. The van der Waals surface area contributed by atoms with E-state index in [0.717, 1.165) is 22.3 Å². The first kappa shape index (κ1) is 102. The van der Waals surface area contributed by atoms with Crippen LogP contribution in [0.4, 0.5) is 9.59 Å². The van der Waals surface area contributed by atoms with Crippen LogP contribution in [0.5, 0.6) is 0 Å². The van der Waals surface area contributed by atoms with Crippen molar-refractivity contribution < 1.29 is 129 Å². The number of alkyl carbamates (subject to hydrolysis) is 1. The fraction of sp³-hybridized carbons (Fsp3) is 0.687. The number of fused-ring (bicyclic) bond motifs is 3. The van der Waals surface area contributed by atoms with Crippen LogP contribution < -0.4 is 31.9 Å². The molecule has 0 atom stereocenters. The zero-order chi connectivity index (χ0) is 85.5. The minimum absolute atomic E-state index is 0.0191. The SMILES string of the molecule is CC(=O)CCOCC(COCCC(C)=O)(COCCC(C)=O)NC(=O)CCOCC(COCCC(=O)NC(COCCC(C)=O)(COCCC(C)=O)COCCC(C)=O)(COCCC(=O)NC(COCCC(C)=O)(COCCC(C)=O)COCCC(C)=O)NC(=O)NCCCCCCNC(=O)OCC1c2ccccc2-c2ccccc21. The Hall–Kier alpha value is -8.06. The summed E-state index contributed by atoms with van der Waals surface area (Å²) in [5.41, 5.74) is -1.60. The summed E-state index contributed by atoms with van der Waals surface area (Å²) in [6.07, 6.45) is 1.28. The summed E-state index contributed by atoms with van der Waals surface area (Å²) in [6, 6.07) is 15.4. The number of unbranched alkanes of at least 4 members (excludes halogenated alkanes) is 3. The number of rotatable bonds is 73. The number of amides is 6. The maximum absolute atomic E-state index is 14.4. The lowest BCUT2D eigenvalue weighted by atomic mass is 9.98. The Balaban J connectivity index is 2.03. The Morgan fingerprint density at radius 2 is 0.491 bits per heavy atom. The summed E-state index contributed by atoms with van der Waals surface area (Å²) in [4.78, 5) is 178. The van der Waals surface area contributed by atoms with Crippen LogP contribution >= 0.6 is 0 Å². The number of ether oxygens (including phenoxy) is 13. The average molecular weight is 1640 g/mol. The van der Waals surface area contributed by atoms with Crippen molar-refractivity contribution in [2.75, 3.05) is 178 Å². The molecule has 0 saturated carbocycles. The molecule has 2 aromatic carbocycles. The van der Waals surface area contributed by atoms with Gasteiger partial charge in [-0.05, 0) is 97.4 Å². The second kappa shape index (κ2) is 58.7. The van der Waals surface area contributed by atoms with Crippen molar-refractivity contribution >= 4 is 81.9 Å². The van der Waals surface area contributed by atoms with Crippen LogP contribution in [0.25, 0.3) is 11.1 Å². The summed E-state index contributed by atoms with van der Waals surface area (Å²) in [5, 5.41) is 17.5. The van der Waals surface area contributed by atoms with Gasteiger partial charge in [-0.2, -0.15) is 0 Å². The first-order valence-corrected chi connectivity index (χ1v) is 39.9. The topological polar surface area (TPSA) is 431 Å². The lowest BCUT2D eigenvalue weighted by Gasteiger charge is -2.35. The van der Waals surface area contributed by atoms with Gasteiger partial charge in [-0.1, -0.05) is 61.4 Å². The van der Waals surface area contributed by atoms with E-state index in [-0.39, 0.29) is 287 Å². The van der Waals surface area contributed by atoms with Crippen LogP contribution in [0.15, 0.2) is 48.5 Å². The second-order valence-corrected chi connectivity index (χ2v) is 29.8.